The molecule has 1 saturated heterocycles. The smallest absolute Gasteiger partial charge is 0.410 e. The Balaban J connectivity index is 1.80. The summed E-state index contributed by atoms with van der Waals surface area (Å²) < 4.78 is 11.7. The molecule has 130 valence electrons. The van der Waals surface area contributed by atoms with Crippen molar-refractivity contribution in [2.45, 2.75) is 64.2 Å². The molecular formula is C18H24N2O3S. The first-order valence-electron chi connectivity index (χ1n) is 8.41. The number of nitriles is 1. The molecule has 0 N–H and O–H groups in total. The second kappa shape index (κ2) is 6.05. The molecular weight excluding hydrogens is 324 g/mol. The van der Waals surface area contributed by atoms with E-state index < -0.39 is 5.60 Å². The Hall–Kier alpha value is -1.58. The number of likely N-dealkylation sites (tertiary alicyclic amines) is 1. The second-order valence-electron chi connectivity index (χ2n) is 7.65. The quantitative estimate of drug-likeness (QED) is 0.715. The van der Waals surface area contributed by atoms with Crippen LogP contribution < -0.4 is 0 Å². The number of nitrogens with zero attached hydrogens (tertiary/aromatic N) is 2. The maximum absolute atomic E-state index is 12.4. The normalized spacial score (nSPS) is 26.8. The minimum absolute atomic E-state index is 0.0344. The van der Waals surface area contributed by atoms with E-state index in [-0.39, 0.29) is 17.7 Å². The Morgan fingerprint density at radius 3 is 2.92 bits per heavy atom. The summed E-state index contributed by atoms with van der Waals surface area (Å²) >= 11 is 1.54. The SMILES string of the molecule is C[C@H]1C[C@@]2(CCN1C(=O)OC(C)(C)C)OCCc1cc(C#N)sc12. The van der Waals surface area contributed by atoms with Gasteiger partial charge in [0.25, 0.3) is 0 Å². The lowest BCUT2D eigenvalue weighted by Crippen LogP contribution is -2.53. The van der Waals surface area contributed by atoms with E-state index in [1.807, 2.05) is 33.8 Å². The number of piperidine rings is 1. The predicted molar refractivity (Wildman–Crippen MR) is 92.0 cm³/mol. The number of hydrogen-bond acceptors (Lipinski definition) is 5. The fraction of sp³-hybridized carbons (Fsp3) is 0.667. The molecule has 1 aromatic rings. The zero-order chi connectivity index (χ0) is 17.5. The lowest BCUT2D eigenvalue weighted by atomic mass is 9.82. The van der Waals surface area contributed by atoms with E-state index in [4.69, 9.17) is 9.47 Å². The zero-order valence-corrected chi connectivity index (χ0v) is 15.5. The number of rotatable bonds is 0. The van der Waals surface area contributed by atoms with Crippen LogP contribution in [0.3, 0.4) is 0 Å². The van der Waals surface area contributed by atoms with Gasteiger partial charge in [-0.1, -0.05) is 0 Å². The van der Waals surface area contributed by atoms with Crippen molar-refractivity contribution in [3.05, 3.63) is 21.4 Å². The molecule has 1 amide bonds. The van der Waals surface area contributed by atoms with Crippen LogP contribution in [-0.2, 0) is 21.5 Å². The summed E-state index contributed by atoms with van der Waals surface area (Å²) in [6, 6.07) is 4.28. The van der Waals surface area contributed by atoms with Gasteiger partial charge < -0.3 is 14.4 Å². The molecule has 0 radical (unpaired) electrons. The maximum Gasteiger partial charge on any atom is 0.410 e. The van der Waals surface area contributed by atoms with Crippen molar-refractivity contribution >= 4 is 17.4 Å². The molecule has 0 saturated carbocycles. The van der Waals surface area contributed by atoms with Crippen LogP contribution in [0.25, 0.3) is 0 Å². The summed E-state index contributed by atoms with van der Waals surface area (Å²) in [6.07, 6.45) is 2.09. The molecule has 0 bridgehead atoms. The van der Waals surface area contributed by atoms with E-state index in [1.54, 1.807) is 16.2 Å². The van der Waals surface area contributed by atoms with E-state index in [9.17, 15) is 10.1 Å². The summed E-state index contributed by atoms with van der Waals surface area (Å²) in [7, 11) is 0. The van der Waals surface area contributed by atoms with Crippen LogP contribution in [0, 0.1) is 11.3 Å². The van der Waals surface area contributed by atoms with Crippen molar-refractivity contribution < 1.29 is 14.3 Å². The van der Waals surface area contributed by atoms with Crippen molar-refractivity contribution in [2.24, 2.45) is 0 Å². The average molecular weight is 348 g/mol. The summed E-state index contributed by atoms with van der Waals surface area (Å²) in [5.41, 5.74) is 0.391. The van der Waals surface area contributed by atoms with Gasteiger partial charge in [0.1, 0.15) is 22.1 Å². The molecule has 3 rings (SSSR count). The average Bonchev–Trinajstić information content (AvgIpc) is 2.90. The van der Waals surface area contributed by atoms with E-state index in [1.165, 1.54) is 10.4 Å². The van der Waals surface area contributed by atoms with Crippen molar-refractivity contribution in [1.29, 1.82) is 5.26 Å². The standard InChI is InChI=1S/C18H24N2O3S/c1-12-10-18(6-7-20(12)16(21)23-17(2,3)4)15-13(5-8-22-18)9-14(11-19)24-15/h9,12H,5-8,10H2,1-4H3/t12-,18+/m0/s1. The summed E-state index contributed by atoms with van der Waals surface area (Å²) in [5, 5.41) is 9.20. The number of amides is 1. The zero-order valence-electron chi connectivity index (χ0n) is 14.7. The van der Waals surface area contributed by atoms with E-state index in [0.717, 1.165) is 24.1 Å². The first-order chi connectivity index (χ1) is 11.2. The van der Waals surface area contributed by atoms with Crippen LogP contribution in [0.1, 0.15) is 55.9 Å². The van der Waals surface area contributed by atoms with Gasteiger partial charge in [-0.3, -0.25) is 0 Å². The number of thiophene rings is 1. The molecule has 2 aliphatic rings. The molecule has 1 fully saturated rings. The third-order valence-corrected chi connectivity index (χ3v) is 5.89. The van der Waals surface area contributed by atoms with Crippen molar-refractivity contribution in [3.63, 3.8) is 0 Å². The van der Waals surface area contributed by atoms with Gasteiger partial charge in [-0.15, -0.1) is 11.3 Å². The first-order valence-corrected chi connectivity index (χ1v) is 9.23. The number of carbonyl (C=O) groups is 1. The number of hydrogen-bond donors (Lipinski definition) is 0. The monoisotopic (exact) mass is 348 g/mol. The molecule has 0 aliphatic carbocycles. The van der Waals surface area contributed by atoms with Crippen LogP contribution in [0.4, 0.5) is 4.79 Å². The highest BCUT2D eigenvalue weighted by atomic mass is 32.1. The van der Waals surface area contributed by atoms with Gasteiger partial charge >= 0.3 is 6.09 Å². The van der Waals surface area contributed by atoms with Gasteiger partial charge in [-0.25, -0.2) is 4.79 Å². The van der Waals surface area contributed by atoms with Crippen LogP contribution in [0.5, 0.6) is 0 Å². The number of ether oxygens (including phenoxy) is 2. The minimum atomic E-state index is -0.490. The van der Waals surface area contributed by atoms with Crippen LogP contribution in [-0.4, -0.2) is 35.8 Å². The number of fused-ring (bicyclic) bond motifs is 2. The molecule has 5 nitrogen and oxygen atoms in total. The van der Waals surface area contributed by atoms with Gasteiger partial charge in [0, 0.05) is 23.9 Å². The van der Waals surface area contributed by atoms with Gasteiger partial charge in [-0.2, -0.15) is 5.26 Å². The second-order valence-corrected chi connectivity index (χ2v) is 8.70. The van der Waals surface area contributed by atoms with Gasteiger partial charge in [-0.05, 0) is 52.2 Å². The van der Waals surface area contributed by atoms with E-state index in [0.29, 0.717) is 13.2 Å². The molecule has 1 aromatic heterocycles. The minimum Gasteiger partial charge on any atom is -0.444 e. The lowest BCUT2D eigenvalue weighted by Gasteiger charge is -2.46. The highest BCUT2D eigenvalue weighted by Gasteiger charge is 2.46. The molecule has 0 unspecified atom stereocenters. The van der Waals surface area contributed by atoms with Crippen LogP contribution in [0.2, 0.25) is 0 Å². The van der Waals surface area contributed by atoms with Crippen molar-refractivity contribution in [2.75, 3.05) is 13.2 Å². The summed E-state index contributed by atoms with van der Waals surface area (Å²) in [6.45, 7) is 8.97. The van der Waals surface area contributed by atoms with Crippen LogP contribution >= 0.6 is 11.3 Å². The highest BCUT2D eigenvalue weighted by molar-refractivity contribution is 7.12. The Bertz CT molecular complexity index is 685. The molecule has 3 heterocycles. The van der Waals surface area contributed by atoms with E-state index >= 15 is 0 Å². The van der Waals surface area contributed by atoms with Crippen molar-refractivity contribution in [1.82, 2.24) is 4.90 Å². The Morgan fingerprint density at radius 2 is 2.29 bits per heavy atom. The first kappa shape index (κ1) is 17.2. The maximum atomic E-state index is 12.4. The third kappa shape index (κ3) is 3.15. The van der Waals surface area contributed by atoms with Gasteiger partial charge in [0.05, 0.1) is 6.61 Å². The van der Waals surface area contributed by atoms with Gasteiger partial charge in [0.2, 0.25) is 0 Å². The highest BCUT2D eigenvalue weighted by Crippen LogP contribution is 2.47. The molecule has 2 aliphatic heterocycles. The Morgan fingerprint density at radius 1 is 1.54 bits per heavy atom. The predicted octanol–water partition coefficient (Wildman–Crippen LogP) is 3.81. The largest absolute Gasteiger partial charge is 0.444 e. The van der Waals surface area contributed by atoms with Crippen molar-refractivity contribution in [3.8, 4) is 6.07 Å². The third-order valence-electron chi connectivity index (χ3n) is 4.62. The molecule has 2 atom stereocenters. The molecule has 6 heteroatoms. The van der Waals surface area contributed by atoms with Crippen LogP contribution in [0.15, 0.2) is 6.07 Å². The summed E-state index contributed by atoms with van der Waals surface area (Å²) in [5.74, 6) is 0. The molecule has 24 heavy (non-hydrogen) atoms. The number of carbonyl (C=O) groups excluding carboxylic acids is 1. The topological polar surface area (TPSA) is 62.6 Å². The fourth-order valence-corrected chi connectivity index (χ4v) is 4.81. The lowest BCUT2D eigenvalue weighted by molar-refractivity contribution is -0.108. The Labute approximate surface area is 147 Å². The van der Waals surface area contributed by atoms with Gasteiger partial charge in [0.15, 0.2) is 0 Å². The Kier molecular flexibility index (Phi) is 4.35. The molecule has 1 spiro atoms. The molecule has 0 aromatic carbocycles. The van der Waals surface area contributed by atoms with E-state index in [2.05, 4.69) is 6.07 Å². The summed E-state index contributed by atoms with van der Waals surface area (Å²) in [4.78, 5) is 16.1. The fourth-order valence-electron chi connectivity index (χ4n) is 3.62.